The van der Waals surface area contributed by atoms with E-state index >= 15 is 0 Å². The summed E-state index contributed by atoms with van der Waals surface area (Å²) in [6, 6.07) is 11.9. The maximum Gasteiger partial charge on any atom is 0.295 e. The quantitative estimate of drug-likeness (QED) is 0.359. The topological polar surface area (TPSA) is 85.3 Å². The lowest BCUT2D eigenvalue weighted by molar-refractivity contribution is -0.140. The highest BCUT2D eigenvalue weighted by Crippen LogP contribution is 2.41. The first-order valence-electron chi connectivity index (χ1n) is 11.6. The lowest BCUT2D eigenvalue weighted by Crippen LogP contribution is -2.32. The van der Waals surface area contributed by atoms with Crippen molar-refractivity contribution in [3.63, 3.8) is 0 Å². The second-order valence-corrected chi connectivity index (χ2v) is 9.22. The zero-order valence-corrected chi connectivity index (χ0v) is 20.0. The molecule has 34 heavy (non-hydrogen) atoms. The largest absolute Gasteiger partial charge is 0.507 e. The number of ketones is 1. The fraction of sp³-hybridized carbons (Fsp3) is 0.407. The van der Waals surface area contributed by atoms with Crippen molar-refractivity contribution >= 4 is 17.4 Å². The van der Waals surface area contributed by atoms with Gasteiger partial charge in [0.2, 0.25) is 0 Å². The Labute approximate surface area is 199 Å². The molecular weight excluding hydrogens is 434 g/mol. The number of hydrogen-bond acceptors (Lipinski definition) is 6. The van der Waals surface area contributed by atoms with Crippen molar-refractivity contribution in [1.82, 2.24) is 4.90 Å². The van der Waals surface area contributed by atoms with E-state index in [0.29, 0.717) is 29.4 Å². The maximum absolute atomic E-state index is 13.2. The molecular formula is C27H31NO6. The van der Waals surface area contributed by atoms with Gasteiger partial charge in [-0.1, -0.05) is 26.0 Å². The first-order valence-corrected chi connectivity index (χ1v) is 11.6. The Morgan fingerprint density at radius 3 is 2.74 bits per heavy atom. The van der Waals surface area contributed by atoms with E-state index in [2.05, 4.69) is 13.8 Å². The van der Waals surface area contributed by atoms with E-state index in [-0.39, 0.29) is 30.6 Å². The summed E-state index contributed by atoms with van der Waals surface area (Å²) in [4.78, 5) is 27.6. The molecule has 2 aliphatic heterocycles. The van der Waals surface area contributed by atoms with Gasteiger partial charge in [-0.25, -0.2) is 0 Å². The van der Waals surface area contributed by atoms with Crippen molar-refractivity contribution in [2.75, 3.05) is 26.9 Å². The summed E-state index contributed by atoms with van der Waals surface area (Å²) in [5, 5.41) is 11.3. The first kappa shape index (κ1) is 23.8. The molecule has 0 aromatic heterocycles. The average Bonchev–Trinajstić information content (AvgIpc) is 3.31. The van der Waals surface area contributed by atoms with Crippen LogP contribution in [0.2, 0.25) is 0 Å². The molecule has 4 rings (SSSR count). The van der Waals surface area contributed by atoms with Crippen LogP contribution in [0.1, 0.15) is 43.5 Å². The number of carbonyl (C=O) groups is 2. The van der Waals surface area contributed by atoms with Crippen LogP contribution in [0, 0.1) is 5.92 Å². The standard InChI is InChI=1S/C27H31NO6/c1-16(2)15-33-21-7-5-6-18(14-21)24-23(26(30)27(31)28(24)10-11-32-4)25(29)19-8-9-22-20(13-19)12-17(3)34-22/h5-9,13-14,16-17,24,29H,10-12,15H2,1-4H3/b25-23-. The van der Waals surface area contributed by atoms with Crippen molar-refractivity contribution < 1.29 is 28.9 Å². The molecule has 1 fully saturated rings. The van der Waals surface area contributed by atoms with Gasteiger partial charge in [0.15, 0.2) is 0 Å². The molecule has 180 valence electrons. The van der Waals surface area contributed by atoms with Gasteiger partial charge >= 0.3 is 0 Å². The Balaban J connectivity index is 1.78. The Kier molecular flexibility index (Phi) is 6.93. The van der Waals surface area contributed by atoms with Gasteiger partial charge in [0.1, 0.15) is 23.4 Å². The number of ether oxygens (including phenoxy) is 3. The molecule has 7 nitrogen and oxygen atoms in total. The summed E-state index contributed by atoms with van der Waals surface area (Å²) in [5.74, 6) is 0.206. The number of hydrogen-bond donors (Lipinski definition) is 1. The van der Waals surface area contributed by atoms with Crippen LogP contribution in [-0.4, -0.2) is 54.7 Å². The highest BCUT2D eigenvalue weighted by molar-refractivity contribution is 6.46. The molecule has 0 saturated carbocycles. The Morgan fingerprint density at radius 1 is 1.21 bits per heavy atom. The summed E-state index contributed by atoms with van der Waals surface area (Å²) in [5.41, 5.74) is 2.20. The second-order valence-electron chi connectivity index (χ2n) is 9.22. The SMILES string of the molecule is COCCN1C(=O)C(=O)/C(=C(\O)c2ccc3c(c2)CC(C)O3)C1c1cccc(OCC(C)C)c1. The van der Waals surface area contributed by atoms with Crippen LogP contribution in [0.4, 0.5) is 0 Å². The number of likely N-dealkylation sites (tertiary alicyclic amines) is 1. The summed E-state index contributed by atoms with van der Waals surface area (Å²) in [7, 11) is 1.54. The molecule has 0 spiro atoms. The monoisotopic (exact) mass is 465 g/mol. The van der Waals surface area contributed by atoms with E-state index < -0.39 is 17.7 Å². The normalized spacial score (nSPS) is 21.1. The highest BCUT2D eigenvalue weighted by Gasteiger charge is 2.46. The van der Waals surface area contributed by atoms with Gasteiger partial charge in [-0.2, -0.15) is 0 Å². The number of aliphatic hydroxyl groups excluding tert-OH is 1. The van der Waals surface area contributed by atoms with E-state index in [4.69, 9.17) is 14.2 Å². The van der Waals surface area contributed by atoms with Gasteiger partial charge in [-0.3, -0.25) is 9.59 Å². The minimum Gasteiger partial charge on any atom is -0.507 e. The van der Waals surface area contributed by atoms with Crippen LogP contribution in [0.3, 0.4) is 0 Å². The molecule has 2 aromatic carbocycles. The summed E-state index contributed by atoms with van der Waals surface area (Å²) in [6.45, 7) is 7.13. The zero-order valence-electron chi connectivity index (χ0n) is 20.0. The summed E-state index contributed by atoms with van der Waals surface area (Å²) < 4.78 is 16.8. The molecule has 0 aliphatic carbocycles. The van der Waals surface area contributed by atoms with Crippen LogP contribution in [0.5, 0.6) is 11.5 Å². The van der Waals surface area contributed by atoms with Crippen molar-refractivity contribution in [2.24, 2.45) is 5.92 Å². The smallest absolute Gasteiger partial charge is 0.295 e. The summed E-state index contributed by atoms with van der Waals surface area (Å²) in [6.07, 6.45) is 0.776. The second kappa shape index (κ2) is 9.89. The molecule has 7 heteroatoms. The number of aliphatic hydroxyl groups is 1. The highest BCUT2D eigenvalue weighted by atomic mass is 16.5. The molecule has 2 heterocycles. The number of Topliss-reactive ketones (excluding diaryl/α,β-unsaturated/α-hetero) is 1. The van der Waals surface area contributed by atoms with E-state index in [1.807, 2.05) is 37.3 Å². The third kappa shape index (κ3) is 4.66. The third-order valence-corrected chi connectivity index (χ3v) is 6.00. The van der Waals surface area contributed by atoms with Crippen LogP contribution < -0.4 is 9.47 Å². The lowest BCUT2D eigenvalue weighted by atomic mass is 9.94. The van der Waals surface area contributed by atoms with Gasteiger partial charge in [0, 0.05) is 25.6 Å². The number of benzene rings is 2. The molecule has 1 amide bonds. The number of rotatable bonds is 8. The summed E-state index contributed by atoms with van der Waals surface area (Å²) >= 11 is 0. The van der Waals surface area contributed by atoms with Gasteiger partial charge in [-0.15, -0.1) is 0 Å². The predicted octanol–water partition coefficient (Wildman–Crippen LogP) is 4.11. The van der Waals surface area contributed by atoms with Crippen LogP contribution in [0.25, 0.3) is 5.76 Å². The minimum atomic E-state index is -0.749. The average molecular weight is 466 g/mol. The Morgan fingerprint density at radius 2 is 2.00 bits per heavy atom. The fourth-order valence-corrected chi connectivity index (χ4v) is 4.41. The molecule has 0 radical (unpaired) electrons. The number of methoxy groups -OCH3 is 1. The van der Waals surface area contributed by atoms with E-state index in [1.165, 1.54) is 4.90 Å². The van der Waals surface area contributed by atoms with Gasteiger partial charge in [-0.05, 0) is 54.3 Å². The van der Waals surface area contributed by atoms with Gasteiger partial charge in [0.25, 0.3) is 11.7 Å². The molecule has 0 bridgehead atoms. The van der Waals surface area contributed by atoms with Gasteiger partial charge < -0.3 is 24.2 Å². The molecule has 2 aliphatic rings. The number of nitrogens with zero attached hydrogens (tertiary/aromatic N) is 1. The first-order chi connectivity index (χ1) is 16.3. The fourth-order valence-electron chi connectivity index (χ4n) is 4.41. The maximum atomic E-state index is 13.2. The van der Waals surface area contributed by atoms with Crippen LogP contribution >= 0.6 is 0 Å². The number of amides is 1. The van der Waals surface area contributed by atoms with E-state index in [1.54, 1.807) is 19.2 Å². The van der Waals surface area contributed by atoms with E-state index in [9.17, 15) is 14.7 Å². The molecule has 1 saturated heterocycles. The van der Waals surface area contributed by atoms with Crippen molar-refractivity contribution in [1.29, 1.82) is 0 Å². The number of fused-ring (bicyclic) bond motifs is 1. The molecule has 2 aromatic rings. The van der Waals surface area contributed by atoms with Crippen molar-refractivity contribution in [2.45, 2.75) is 39.3 Å². The zero-order chi connectivity index (χ0) is 24.4. The molecule has 1 N–H and O–H groups in total. The van der Waals surface area contributed by atoms with Crippen molar-refractivity contribution in [3.8, 4) is 11.5 Å². The van der Waals surface area contributed by atoms with Crippen molar-refractivity contribution in [3.05, 3.63) is 64.7 Å². The van der Waals surface area contributed by atoms with Gasteiger partial charge in [0.05, 0.1) is 24.8 Å². The minimum absolute atomic E-state index is 0.0561. The predicted molar refractivity (Wildman–Crippen MR) is 128 cm³/mol. The lowest BCUT2D eigenvalue weighted by Gasteiger charge is -2.25. The molecule has 2 unspecified atom stereocenters. The number of carbonyl (C=O) groups excluding carboxylic acids is 2. The Hall–Kier alpha value is -3.32. The van der Waals surface area contributed by atoms with Crippen LogP contribution in [-0.2, 0) is 20.7 Å². The Bertz CT molecular complexity index is 1120. The van der Waals surface area contributed by atoms with E-state index in [0.717, 1.165) is 17.7 Å². The third-order valence-electron chi connectivity index (χ3n) is 6.00. The van der Waals surface area contributed by atoms with Crippen LogP contribution in [0.15, 0.2) is 48.0 Å². The molecule has 2 atom stereocenters.